The highest BCUT2D eigenvalue weighted by atomic mass is 16.2. The molecule has 3 heterocycles. The van der Waals surface area contributed by atoms with Gasteiger partial charge in [0, 0.05) is 37.7 Å². The summed E-state index contributed by atoms with van der Waals surface area (Å²) in [6.45, 7) is 2.63. The Kier molecular flexibility index (Phi) is 4.84. The van der Waals surface area contributed by atoms with Gasteiger partial charge in [-0.05, 0) is 42.5 Å². The highest BCUT2D eigenvalue weighted by Crippen LogP contribution is 2.26. The standard InChI is InChI=1S/C23H25N5O/c29-22-7-3-4-12-28(22)20-10-13-27(14-11-20)23-25-21(16-24-26-23)19-9-8-17-5-1-2-6-18(17)15-19/h1-2,5-6,8-9,15-16,20H,3-4,7,10-14H2. The first-order valence-corrected chi connectivity index (χ1v) is 10.5. The molecule has 2 aromatic carbocycles. The van der Waals surface area contributed by atoms with Gasteiger partial charge in [-0.2, -0.15) is 5.10 Å². The van der Waals surface area contributed by atoms with E-state index in [-0.39, 0.29) is 0 Å². The van der Waals surface area contributed by atoms with Gasteiger partial charge in [-0.25, -0.2) is 4.98 Å². The first-order valence-electron chi connectivity index (χ1n) is 10.5. The Balaban J connectivity index is 1.32. The number of aromatic nitrogens is 3. The molecule has 0 unspecified atom stereocenters. The Morgan fingerprint density at radius 1 is 0.931 bits per heavy atom. The summed E-state index contributed by atoms with van der Waals surface area (Å²) in [5.74, 6) is 1.00. The second-order valence-electron chi connectivity index (χ2n) is 7.97. The molecule has 5 rings (SSSR count). The van der Waals surface area contributed by atoms with E-state index in [2.05, 4.69) is 50.3 Å². The minimum atomic E-state index is 0.325. The molecule has 2 saturated heterocycles. The van der Waals surface area contributed by atoms with E-state index in [4.69, 9.17) is 4.98 Å². The molecule has 1 aromatic heterocycles. The third-order valence-electron chi connectivity index (χ3n) is 6.14. The van der Waals surface area contributed by atoms with Crippen molar-refractivity contribution in [1.29, 1.82) is 0 Å². The van der Waals surface area contributed by atoms with Crippen molar-refractivity contribution in [2.24, 2.45) is 0 Å². The van der Waals surface area contributed by atoms with Crippen LogP contribution in [0.1, 0.15) is 32.1 Å². The van der Waals surface area contributed by atoms with Crippen LogP contribution in [0, 0.1) is 0 Å². The minimum Gasteiger partial charge on any atom is -0.340 e. The molecule has 3 aromatic rings. The van der Waals surface area contributed by atoms with E-state index in [0.29, 0.717) is 24.3 Å². The second-order valence-corrected chi connectivity index (χ2v) is 7.97. The van der Waals surface area contributed by atoms with E-state index in [9.17, 15) is 4.79 Å². The number of nitrogens with zero attached hydrogens (tertiary/aromatic N) is 5. The summed E-state index contributed by atoms with van der Waals surface area (Å²) in [6.07, 6.45) is 6.54. The van der Waals surface area contributed by atoms with Crippen molar-refractivity contribution < 1.29 is 4.79 Å². The van der Waals surface area contributed by atoms with Crippen molar-refractivity contribution in [1.82, 2.24) is 20.1 Å². The number of rotatable bonds is 3. The van der Waals surface area contributed by atoms with Gasteiger partial charge in [0.2, 0.25) is 11.9 Å². The summed E-state index contributed by atoms with van der Waals surface area (Å²) in [5, 5.41) is 10.9. The zero-order valence-electron chi connectivity index (χ0n) is 16.5. The van der Waals surface area contributed by atoms with E-state index in [1.165, 1.54) is 10.8 Å². The Morgan fingerprint density at radius 2 is 1.76 bits per heavy atom. The van der Waals surface area contributed by atoms with Crippen LogP contribution in [0.25, 0.3) is 22.0 Å². The summed E-state index contributed by atoms with van der Waals surface area (Å²) < 4.78 is 0. The number of likely N-dealkylation sites (tertiary alicyclic amines) is 1. The number of fused-ring (bicyclic) bond motifs is 1. The van der Waals surface area contributed by atoms with Gasteiger partial charge < -0.3 is 9.80 Å². The summed E-state index contributed by atoms with van der Waals surface area (Å²) in [6, 6.07) is 15.0. The van der Waals surface area contributed by atoms with Gasteiger partial charge in [-0.15, -0.1) is 5.10 Å². The predicted molar refractivity (Wildman–Crippen MR) is 114 cm³/mol. The molecule has 2 fully saturated rings. The maximum atomic E-state index is 12.2. The largest absolute Gasteiger partial charge is 0.340 e. The van der Waals surface area contributed by atoms with Crippen molar-refractivity contribution in [3.63, 3.8) is 0 Å². The third kappa shape index (κ3) is 3.67. The van der Waals surface area contributed by atoms with E-state index in [0.717, 1.165) is 56.6 Å². The molecule has 29 heavy (non-hydrogen) atoms. The van der Waals surface area contributed by atoms with Crippen LogP contribution in [0.15, 0.2) is 48.7 Å². The molecule has 148 valence electrons. The van der Waals surface area contributed by atoms with Gasteiger partial charge in [0.05, 0.1) is 11.9 Å². The third-order valence-corrected chi connectivity index (χ3v) is 6.14. The van der Waals surface area contributed by atoms with Crippen LogP contribution in [0.3, 0.4) is 0 Å². The van der Waals surface area contributed by atoms with Crippen LogP contribution >= 0.6 is 0 Å². The number of hydrogen-bond acceptors (Lipinski definition) is 5. The molecule has 1 amide bonds. The van der Waals surface area contributed by atoms with E-state index < -0.39 is 0 Å². The van der Waals surface area contributed by atoms with Gasteiger partial charge in [0.25, 0.3) is 0 Å². The molecule has 2 aliphatic heterocycles. The zero-order chi connectivity index (χ0) is 19.6. The number of amides is 1. The summed E-state index contributed by atoms with van der Waals surface area (Å²) in [4.78, 5) is 21.3. The molecule has 6 heteroatoms. The van der Waals surface area contributed by atoms with Crippen molar-refractivity contribution in [2.45, 2.75) is 38.1 Å². The number of piperidine rings is 2. The molecule has 0 saturated carbocycles. The number of hydrogen-bond donors (Lipinski definition) is 0. The molecule has 0 N–H and O–H groups in total. The fourth-order valence-corrected chi connectivity index (χ4v) is 4.51. The molecule has 0 atom stereocenters. The fraction of sp³-hybridized carbons (Fsp3) is 0.391. The molecular weight excluding hydrogens is 362 g/mol. The maximum Gasteiger partial charge on any atom is 0.245 e. The molecule has 0 radical (unpaired) electrons. The molecule has 0 spiro atoms. The number of benzene rings is 2. The van der Waals surface area contributed by atoms with E-state index >= 15 is 0 Å². The van der Waals surface area contributed by atoms with E-state index in [1.807, 2.05) is 12.1 Å². The molecular formula is C23H25N5O. The van der Waals surface area contributed by atoms with Gasteiger partial charge in [-0.1, -0.05) is 36.4 Å². The maximum absolute atomic E-state index is 12.2. The fourth-order valence-electron chi connectivity index (χ4n) is 4.51. The van der Waals surface area contributed by atoms with Crippen molar-refractivity contribution in [2.75, 3.05) is 24.5 Å². The first-order chi connectivity index (χ1) is 14.3. The second kappa shape index (κ2) is 7.78. The summed E-state index contributed by atoms with van der Waals surface area (Å²) in [5.41, 5.74) is 1.89. The van der Waals surface area contributed by atoms with Crippen LogP contribution in [-0.2, 0) is 4.79 Å². The molecule has 0 aliphatic carbocycles. The highest BCUT2D eigenvalue weighted by Gasteiger charge is 2.30. The Bertz CT molecular complexity index is 1030. The van der Waals surface area contributed by atoms with Crippen LogP contribution in [0.2, 0.25) is 0 Å². The molecule has 0 bridgehead atoms. The topological polar surface area (TPSA) is 62.2 Å². The number of anilines is 1. The van der Waals surface area contributed by atoms with Crippen LogP contribution in [0.4, 0.5) is 5.95 Å². The van der Waals surface area contributed by atoms with Crippen LogP contribution in [0.5, 0.6) is 0 Å². The smallest absolute Gasteiger partial charge is 0.245 e. The van der Waals surface area contributed by atoms with Gasteiger partial charge in [-0.3, -0.25) is 4.79 Å². The minimum absolute atomic E-state index is 0.325. The van der Waals surface area contributed by atoms with E-state index in [1.54, 1.807) is 6.20 Å². The average Bonchev–Trinajstić information content (AvgIpc) is 2.79. The quantitative estimate of drug-likeness (QED) is 0.686. The van der Waals surface area contributed by atoms with Gasteiger partial charge in [0.15, 0.2) is 0 Å². The first kappa shape index (κ1) is 18.0. The Hall–Kier alpha value is -3.02. The van der Waals surface area contributed by atoms with Crippen molar-refractivity contribution in [3.05, 3.63) is 48.7 Å². The number of carbonyl (C=O) groups is 1. The highest BCUT2D eigenvalue weighted by molar-refractivity contribution is 5.86. The average molecular weight is 387 g/mol. The Labute approximate surface area is 170 Å². The van der Waals surface area contributed by atoms with Crippen molar-refractivity contribution >= 4 is 22.6 Å². The lowest BCUT2D eigenvalue weighted by molar-refractivity contribution is -0.136. The van der Waals surface area contributed by atoms with Crippen molar-refractivity contribution in [3.8, 4) is 11.3 Å². The lowest BCUT2D eigenvalue weighted by atomic mass is 10.00. The number of carbonyl (C=O) groups excluding carboxylic acids is 1. The lowest BCUT2D eigenvalue weighted by Crippen LogP contribution is -2.49. The van der Waals surface area contributed by atoms with Crippen LogP contribution in [-0.4, -0.2) is 51.7 Å². The SMILES string of the molecule is O=C1CCCCN1C1CCN(c2nncc(-c3ccc4ccccc4c3)n2)CC1. The summed E-state index contributed by atoms with van der Waals surface area (Å²) >= 11 is 0. The normalized spacial score (nSPS) is 18.4. The zero-order valence-corrected chi connectivity index (χ0v) is 16.5. The summed E-state index contributed by atoms with van der Waals surface area (Å²) in [7, 11) is 0. The predicted octanol–water partition coefficient (Wildman–Crippen LogP) is 3.67. The lowest BCUT2D eigenvalue weighted by Gasteiger charge is -2.40. The van der Waals surface area contributed by atoms with Gasteiger partial charge >= 0.3 is 0 Å². The Morgan fingerprint density at radius 3 is 2.59 bits per heavy atom. The van der Waals surface area contributed by atoms with Gasteiger partial charge in [0.1, 0.15) is 0 Å². The molecule has 2 aliphatic rings. The monoisotopic (exact) mass is 387 g/mol. The van der Waals surface area contributed by atoms with Crippen LogP contribution < -0.4 is 4.90 Å². The molecule has 6 nitrogen and oxygen atoms in total.